The van der Waals surface area contributed by atoms with E-state index in [0.29, 0.717) is 0 Å². The van der Waals surface area contributed by atoms with Crippen LogP contribution in [0.25, 0.3) is 0 Å². The van der Waals surface area contributed by atoms with Gasteiger partial charge in [0.05, 0.1) is 6.10 Å². The Labute approximate surface area is 168 Å². The second-order valence-corrected chi connectivity index (χ2v) is 9.84. The summed E-state index contributed by atoms with van der Waals surface area (Å²) in [6.45, 7) is 3.96. The number of fused-ring (bicyclic) bond motifs is 5. The van der Waals surface area contributed by atoms with Gasteiger partial charge in [0, 0.05) is 16.7 Å². The molecule has 0 unspecified atom stereocenters. The van der Waals surface area contributed by atoms with Gasteiger partial charge < -0.3 is 15.3 Å². The predicted molar refractivity (Wildman–Crippen MR) is 100 cm³/mol. The molecule has 0 heterocycles. The lowest BCUT2D eigenvalue weighted by atomic mass is 9.44. The number of hydrogen-bond acceptors (Lipinski definition) is 5. The van der Waals surface area contributed by atoms with Crippen LogP contribution in [0.3, 0.4) is 0 Å². The van der Waals surface area contributed by atoms with Gasteiger partial charge in [-0.2, -0.15) is 0 Å². The Kier molecular flexibility index (Phi) is 4.34. The minimum Gasteiger partial charge on any atom is -0.390 e. The first-order valence-corrected chi connectivity index (χ1v) is 10.2. The fourth-order valence-corrected chi connectivity index (χ4v) is 7.25. The summed E-state index contributed by atoms with van der Waals surface area (Å²) in [4.78, 5) is 24.3. The summed E-state index contributed by atoms with van der Waals surface area (Å²) in [5, 5.41) is 31.9. The van der Waals surface area contributed by atoms with Gasteiger partial charge in [0.2, 0.25) is 0 Å². The monoisotopic (exact) mass is 410 g/mol. The van der Waals surface area contributed by atoms with Crippen LogP contribution < -0.4 is 0 Å². The van der Waals surface area contributed by atoms with Crippen LogP contribution in [0.2, 0.25) is 0 Å². The van der Waals surface area contributed by atoms with E-state index < -0.39 is 70.3 Å². The van der Waals surface area contributed by atoms with E-state index >= 15 is 8.78 Å². The fraction of sp³-hybridized carbons (Fsp3) is 0.727. The summed E-state index contributed by atoms with van der Waals surface area (Å²) >= 11 is 0. The van der Waals surface area contributed by atoms with E-state index in [-0.39, 0.29) is 24.8 Å². The quantitative estimate of drug-likeness (QED) is 0.646. The van der Waals surface area contributed by atoms with E-state index in [1.165, 1.54) is 19.1 Å². The normalized spacial score (nSPS) is 53.7. The molecule has 3 saturated carbocycles. The maximum absolute atomic E-state index is 16.9. The molecular weight excluding hydrogens is 382 g/mol. The molecule has 0 bridgehead atoms. The summed E-state index contributed by atoms with van der Waals surface area (Å²) in [5.74, 6) is -3.24. The zero-order valence-electron chi connectivity index (χ0n) is 16.9. The van der Waals surface area contributed by atoms with Crippen LogP contribution in [-0.2, 0) is 9.59 Å². The molecule has 7 heteroatoms. The standard InChI is InChI=1S/C22H28F2O5/c1-11-6-13-14-8-16(23)15-7-12(26)4-5-19(15,2)21(14,24)17(27)9-20(13,3)22(11,29)18(28)10-25/h4-5,7,11,13-14,16-17,25,27,29H,6,8-10H2,1-3H3/t11-,13-,14-,16-,17-,19-,20-,21-,22-/m1/s1. The lowest BCUT2D eigenvalue weighted by molar-refractivity contribution is -0.223. The zero-order chi connectivity index (χ0) is 21.6. The van der Waals surface area contributed by atoms with Crippen molar-refractivity contribution in [2.75, 3.05) is 6.61 Å². The number of ketones is 2. The lowest BCUT2D eigenvalue weighted by Crippen LogP contribution is -2.70. The fourth-order valence-electron chi connectivity index (χ4n) is 7.25. The maximum atomic E-state index is 16.9. The average Bonchev–Trinajstić information content (AvgIpc) is 2.86. The summed E-state index contributed by atoms with van der Waals surface area (Å²) in [6, 6.07) is 0. The average molecular weight is 410 g/mol. The molecule has 5 nitrogen and oxygen atoms in total. The molecule has 4 aliphatic carbocycles. The first-order chi connectivity index (χ1) is 13.4. The SMILES string of the molecule is C[C@@H]1C[C@@H]2[C@H]3C[C@@H](F)C4=CC(=O)C=C[C@@]4(C)[C@]3(F)[C@H](O)C[C@@]2(C)[C@]1(O)C(=O)CO. The number of aliphatic hydroxyl groups is 3. The third kappa shape index (κ3) is 2.19. The van der Waals surface area contributed by atoms with Crippen molar-refractivity contribution >= 4 is 11.6 Å². The summed E-state index contributed by atoms with van der Waals surface area (Å²) in [5.41, 5.74) is -6.81. The second-order valence-electron chi connectivity index (χ2n) is 9.84. The number of carbonyl (C=O) groups excluding carboxylic acids is 2. The van der Waals surface area contributed by atoms with E-state index in [2.05, 4.69) is 0 Å². The number of Topliss-reactive ketones (excluding diaryl/α,β-unsaturated/α-hetero) is 1. The first kappa shape index (κ1) is 20.8. The number of hydrogen-bond donors (Lipinski definition) is 3. The van der Waals surface area contributed by atoms with Gasteiger partial charge >= 0.3 is 0 Å². The van der Waals surface area contributed by atoms with E-state index in [4.69, 9.17) is 0 Å². The van der Waals surface area contributed by atoms with Crippen molar-refractivity contribution in [3.05, 3.63) is 23.8 Å². The van der Waals surface area contributed by atoms with Gasteiger partial charge in [0.25, 0.3) is 0 Å². The molecule has 0 saturated heterocycles. The highest BCUT2D eigenvalue weighted by molar-refractivity contribution is 6.01. The third-order valence-corrected chi connectivity index (χ3v) is 8.78. The van der Waals surface area contributed by atoms with Crippen LogP contribution in [0.1, 0.15) is 40.0 Å². The van der Waals surface area contributed by atoms with Crippen LogP contribution in [-0.4, -0.2) is 57.0 Å². The van der Waals surface area contributed by atoms with Gasteiger partial charge in [0.15, 0.2) is 17.2 Å². The van der Waals surface area contributed by atoms with Crippen molar-refractivity contribution in [2.24, 2.45) is 28.6 Å². The van der Waals surface area contributed by atoms with Crippen LogP contribution in [0.4, 0.5) is 8.78 Å². The smallest absolute Gasteiger partial charge is 0.190 e. The Hall–Kier alpha value is -1.44. The van der Waals surface area contributed by atoms with Gasteiger partial charge in [0.1, 0.15) is 18.4 Å². The zero-order valence-corrected chi connectivity index (χ0v) is 16.9. The number of carbonyl (C=O) groups is 2. The van der Waals surface area contributed by atoms with Gasteiger partial charge in [-0.25, -0.2) is 8.78 Å². The molecule has 0 radical (unpaired) electrons. The molecular formula is C22H28F2O5. The first-order valence-electron chi connectivity index (χ1n) is 10.2. The molecule has 0 aromatic rings. The van der Waals surface area contributed by atoms with Gasteiger partial charge in [-0.1, -0.05) is 19.9 Å². The van der Waals surface area contributed by atoms with Crippen molar-refractivity contribution < 1.29 is 33.7 Å². The van der Waals surface area contributed by atoms with E-state index in [1.807, 2.05) is 0 Å². The van der Waals surface area contributed by atoms with Crippen molar-refractivity contribution in [3.8, 4) is 0 Å². The maximum Gasteiger partial charge on any atom is 0.190 e. The van der Waals surface area contributed by atoms with Crippen LogP contribution >= 0.6 is 0 Å². The second kappa shape index (κ2) is 6.05. The molecule has 3 N–H and O–H groups in total. The molecule has 0 aliphatic heterocycles. The van der Waals surface area contributed by atoms with E-state index in [0.717, 1.165) is 6.08 Å². The molecule has 4 rings (SSSR count). The van der Waals surface area contributed by atoms with Crippen LogP contribution in [0.5, 0.6) is 0 Å². The van der Waals surface area contributed by atoms with Gasteiger partial charge in [-0.05, 0) is 55.7 Å². The minimum atomic E-state index is -2.24. The highest BCUT2D eigenvalue weighted by Crippen LogP contribution is 2.70. The molecule has 0 spiro atoms. The van der Waals surface area contributed by atoms with E-state index in [1.54, 1.807) is 13.8 Å². The topological polar surface area (TPSA) is 94.8 Å². The number of rotatable bonds is 2. The van der Waals surface area contributed by atoms with Crippen LogP contribution in [0.15, 0.2) is 23.8 Å². The molecule has 3 fully saturated rings. The largest absolute Gasteiger partial charge is 0.390 e. The molecule has 160 valence electrons. The Bertz CT molecular complexity index is 839. The highest BCUT2D eigenvalue weighted by Gasteiger charge is 2.76. The summed E-state index contributed by atoms with van der Waals surface area (Å²) in [7, 11) is 0. The van der Waals surface area contributed by atoms with Gasteiger partial charge in [-0.3, -0.25) is 9.59 Å². The van der Waals surface area contributed by atoms with Crippen molar-refractivity contribution in [1.82, 2.24) is 0 Å². The summed E-state index contributed by atoms with van der Waals surface area (Å²) < 4.78 is 32.1. The Morgan fingerprint density at radius 3 is 2.55 bits per heavy atom. The molecule has 9 atom stereocenters. The predicted octanol–water partition coefficient (Wildman–Crippen LogP) is 1.84. The third-order valence-electron chi connectivity index (χ3n) is 8.78. The van der Waals surface area contributed by atoms with Crippen molar-refractivity contribution in [2.45, 2.75) is 63.6 Å². The summed E-state index contributed by atoms with van der Waals surface area (Å²) in [6.07, 6.45) is 0.427. The molecule has 0 amide bonds. The molecule has 0 aromatic heterocycles. The lowest BCUT2D eigenvalue weighted by Gasteiger charge is -2.63. The molecule has 0 aromatic carbocycles. The number of alkyl halides is 2. The Morgan fingerprint density at radius 1 is 1.28 bits per heavy atom. The van der Waals surface area contributed by atoms with Crippen molar-refractivity contribution in [3.63, 3.8) is 0 Å². The molecule has 4 aliphatic rings. The Balaban J connectivity index is 1.87. The Morgan fingerprint density at radius 2 is 1.93 bits per heavy atom. The molecule has 29 heavy (non-hydrogen) atoms. The van der Waals surface area contributed by atoms with E-state index in [9.17, 15) is 24.9 Å². The number of allylic oxidation sites excluding steroid dienone is 4. The van der Waals surface area contributed by atoms with Crippen LogP contribution in [0, 0.1) is 28.6 Å². The highest BCUT2D eigenvalue weighted by atomic mass is 19.1. The number of halogens is 2. The minimum absolute atomic E-state index is 0.0409. The number of aliphatic hydroxyl groups excluding tert-OH is 2. The van der Waals surface area contributed by atoms with Crippen molar-refractivity contribution in [1.29, 1.82) is 0 Å². The van der Waals surface area contributed by atoms with Gasteiger partial charge in [-0.15, -0.1) is 0 Å².